The summed E-state index contributed by atoms with van der Waals surface area (Å²) >= 11 is 0. The second-order valence-electron chi connectivity index (χ2n) is 7.26. The van der Waals surface area contributed by atoms with Crippen LogP contribution >= 0.6 is 0 Å². The molecule has 3 aromatic carbocycles. The van der Waals surface area contributed by atoms with Crippen molar-refractivity contribution in [2.24, 2.45) is 0 Å². The van der Waals surface area contributed by atoms with E-state index in [1.165, 1.54) is 0 Å². The first-order chi connectivity index (χ1) is 15.1. The summed E-state index contributed by atoms with van der Waals surface area (Å²) in [6.45, 7) is 1.31. The Morgan fingerprint density at radius 2 is 1.58 bits per heavy atom. The van der Waals surface area contributed by atoms with Crippen LogP contribution in [0.15, 0.2) is 60.7 Å². The lowest BCUT2D eigenvalue weighted by Gasteiger charge is -2.17. The number of carbonyl (C=O) groups is 1. The lowest BCUT2D eigenvalue weighted by molar-refractivity contribution is 0.0763. The number of ether oxygens (including phenoxy) is 4. The van der Waals surface area contributed by atoms with E-state index in [0.29, 0.717) is 42.5 Å². The summed E-state index contributed by atoms with van der Waals surface area (Å²) in [7, 11) is 4.76. The lowest BCUT2D eigenvalue weighted by atomic mass is 10.1. The molecule has 1 heterocycles. The molecule has 0 atom stereocenters. The van der Waals surface area contributed by atoms with Crippen LogP contribution in [-0.2, 0) is 19.7 Å². The molecule has 0 fully saturated rings. The smallest absolute Gasteiger partial charge is 0.258 e. The zero-order chi connectivity index (χ0) is 21.8. The van der Waals surface area contributed by atoms with Gasteiger partial charge in [0.1, 0.15) is 12.4 Å². The molecule has 0 aliphatic carbocycles. The molecule has 0 saturated heterocycles. The Labute approximate surface area is 181 Å². The zero-order valence-corrected chi connectivity index (χ0v) is 17.9. The van der Waals surface area contributed by atoms with E-state index in [4.69, 9.17) is 18.9 Å². The minimum absolute atomic E-state index is 0.0881. The molecular formula is C25H25NO5. The third-order valence-electron chi connectivity index (χ3n) is 5.33. The van der Waals surface area contributed by atoms with Gasteiger partial charge in [0, 0.05) is 13.1 Å². The minimum atomic E-state index is -0.0881. The molecule has 3 aromatic rings. The van der Waals surface area contributed by atoms with Gasteiger partial charge in [-0.1, -0.05) is 42.5 Å². The van der Waals surface area contributed by atoms with Gasteiger partial charge in [-0.3, -0.25) is 4.79 Å². The van der Waals surface area contributed by atoms with Crippen LogP contribution in [-0.4, -0.2) is 32.1 Å². The standard InChI is InChI=1S/C25H25NO5/c1-28-20-11-9-17(10-12-20)14-26-15-19-13-21(29-2)23(24(30-3)22(19)25(26)27)31-16-18-7-5-4-6-8-18/h4-13H,14-16H2,1-3H3. The Morgan fingerprint density at radius 3 is 2.23 bits per heavy atom. The van der Waals surface area contributed by atoms with Gasteiger partial charge in [0.15, 0.2) is 11.5 Å². The van der Waals surface area contributed by atoms with E-state index < -0.39 is 0 Å². The van der Waals surface area contributed by atoms with Gasteiger partial charge in [0.05, 0.1) is 26.9 Å². The Kier molecular flexibility index (Phi) is 5.98. The van der Waals surface area contributed by atoms with Crippen molar-refractivity contribution < 1.29 is 23.7 Å². The van der Waals surface area contributed by atoms with Crippen LogP contribution in [0, 0.1) is 0 Å². The van der Waals surface area contributed by atoms with Gasteiger partial charge in [-0.05, 0) is 34.9 Å². The van der Waals surface area contributed by atoms with E-state index >= 15 is 0 Å². The summed E-state index contributed by atoms with van der Waals surface area (Å²) < 4.78 is 22.5. The fraction of sp³-hybridized carbons (Fsp3) is 0.240. The number of methoxy groups -OCH3 is 3. The first-order valence-electron chi connectivity index (χ1n) is 10.0. The number of rotatable bonds is 8. The highest BCUT2D eigenvalue weighted by atomic mass is 16.5. The van der Waals surface area contributed by atoms with Crippen LogP contribution in [0.1, 0.15) is 27.0 Å². The molecule has 6 nitrogen and oxygen atoms in total. The molecule has 0 N–H and O–H groups in total. The average molecular weight is 419 g/mol. The summed E-state index contributed by atoms with van der Waals surface area (Å²) in [5.74, 6) is 2.09. The predicted molar refractivity (Wildman–Crippen MR) is 117 cm³/mol. The van der Waals surface area contributed by atoms with Crippen molar-refractivity contribution in [2.75, 3.05) is 21.3 Å². The first kappa shape index (κ1) is 20.6. The van der Waals surface area contributed by atoms with Gasteiger partial charge in [0.25, 0.3) is 5.91 Å². The fourth-order valence-corrected chi connectivity index (χ4v) is 3.75. The molecule has 160 valence electrons. The summed E-state index contributed by atoms with van der Waals surface area (Å²) in [5.41, 5.74) is 3.42. The van der Waals surface area contributed by atoms with Gasteiger partial charge < -0.3 is 23.8 Å². The minimum Gasteiger partial charge on any atom is -0.497 e. The van der Waals surface area contributed by atoms with Gasteiger partial charge >= 0.3 is 0 Å². The van der Waals surface area contributed by atoms with Crippen molar-refractivity contribution in [1.29, 1.82) is 0 Å². The van der Waals surface area contributed by atoms with E-state index in [9.17, 15) is 4.79 Å². The van der Waals surface area contributed by atoms with E-state index in [2.05, 4.69) is 0 Å². The maximum Gasteiger partial charge on any atom is 0.258 e. The molecule has 1 aliphatic rings. The molecule has 0 saturated carbocycles. The molecule has 1 aliphatic heterocycles. The number of benzene rings is 3. The van der Waals surface area contributed by atoms with Gasteiger partial charge in [-0.25, -0.2) is 0 Å². The topological polar surface area (TPSA) is 57.2 Å². The first-order valence-corrected chi connectivity index (χ1v) is 10.0. The largest absolute Gasteiger partial charge is 0.497 e. The summed E-state index contributed by atoms with van der Waals surface area (Å²) in [6.07, 6.45) is 0. The molecule has 0 spiro atoms. The average Bonchev–Trinajstić information content (AvgIpc) is 3.12. The van der Waals surface area contributed by atoms with Crippen molar-refractivity contribution in [3.8, 4) is 23.0 Å². The summed E-state index contributed by atoms with van der Waals surface area (Å²) in [6, 6.07) is 19.4. The van der Waals surface area contributed by atoms with Crippen LogP contribution < -0.4 is 18.9 Å². The third kappa shape index (κ3) is 4.14. The van der Waals surface area contributed by atoms with E-state index in [1.807, 2.05) is 60.7 Å². The monoisotopic (exact) mass is 419 g/mol. The third-order valence-corrected chi connectivity index (χ3v) is 5.33. The van der Waals surface area contributed by atoms with Crippen molar-refractivity contribution in [2.45, 2.75) is 19.7 Å². The Balaban J connectivity index is 1.61. The van der Waals surface area contributed by atoms with Crippen LogP contribution in [0.3, 0.4) is 0 Å². The van der Waals surface area contributed by atoms with Crippen molar-refractivity contribution in [3.63, 3.8) is 0 Å². The number of hydrogen-bond acceptors (Lipinski definition) is 5. The second-order valence-corrected chi connectivity index (χ2v) is 7.26. The van der Waals surface area contributed by atoms with E-state index in [0.717, 1.165) is 22.4 Å². The summed E-state index contributed by atoms with van der Waals surface area (Å²) in [4.78, 5) is 15.0. The van der Waals surface area contributed by atoms with Gasteiger partial charge in [-0.2, -0.15) is 0 Å². The highest BCUT2D eigenvalue weighted by molar-refractivity contribution is 6.02. The number of hydrogen-bond donors (Lipinski definition) is 0. The Morgan fingerprint density at radius 1 is 0.839 bits per heavy atom. The molecular weight excluding hydrogens is 394 g/mol. The van der Waals surface area contributed by atoms with Crippen LogP contribution in [0.2, 0.25) is 0 Å². The number of amides is 1. The lowest BCUT2D eigenvalue weighted by Crippen LogP contribution is -2.23. The van der Waals surface area contributed by atoms with E-state index in [-0.39, 0.29) is 5.91 Å². The molecule has 4 rings (SSSR count). The van der Waals surface area contributed by atoms with Crippen molar-refractivity contribution >= 4 is 5.91 Å². The molecule has 0 radical (unpaired) electrons. The summed E-state index contributed by atoms with van der Waals surface area (Å²) in [5, 5.41) is 0. The van der Waals surface area contributed by atoms with E-state index in [1.54, 1.807) is 26.2 Å². The Hall–Kier alpha value is -3.67. The fourth-order valence-electron chi connectivity index (χ4n) is 3.75. The molecule has 31 heavy (non-hydrogen) atoms. The van der Waals surface area contributed by atoms with Crippen LogP contribution in [0.5, 0.6) is 23.0 Å². The second kappa shape index (κ2) is 9.00. The van der Waals surface area contributed by atoms with Crippen LogP contribution in [0.25, 0.3) is 0 Å². The SMILES string of the molecule is COc1ccc(CN2Cc3cc(OC)c(OCc4ccccc4)c(OC)c3C2=O)cc1. The quantitative estimate of drug-likeness (QED) is 0.540. The van der Waals surface area contributed by atoms with Crippen LogP contribution in [0.4, 0.5) is 0 Å². The molecule has 0 unspecified atom stereocenters. The van der Waals surface area contributed by atoms with Crippen molar-refractivity contribution in [3.05, 3.63) is 82.9 Å². The predicted octanol–water partition coefficient (Wildman–Crippen LogP) is 4.45. The molecule has 1 amide bonds. The van der Waals surface area contributed by atoms with Gasteiger partial charge in [-0.15, -0.1) is 0 Å². The zero-order valence-electron chi connectivity index (χ0n) is 17.9. The van der Waals surface area contributed by atoms with Gasteiger partial charge in [0.2, 0.25) is 5.75 Å². The maximum atomic E-state index is 13.3. The molecule has 0 aromatic heterocycles. The number of fused-ring (bicyclic) bond motifs is 1. The van der Waals surface area contributed by atoms with Crippen molar-refractivity contribution in [1.82, 2.24) is 4.90 Å². The molecule has 0 bridgehead atoms. The highest BCUT2D eigenvalue weighted by Crippen LogP contribution is 2.45. The Bertz CT molecular complexity index is 1060. The maximum absolute atomic E-state index is 13.3. The number of carbonyl (C=O) groups excluding carboxylic acids is 1. The molecule has 6 heteroatoms. The normalized spacial score (nSPS) is 12.5. The highest BCUT2D eigenvalue weighted by Gasteiger charge is 2.34. The number of nitrogens with zero attached hydrogens (tertiary/aromatic N) is 1.